The highest BCUT2D eigenvalue weighted by atomic mass is 16.5. The minimum absolute atomic E-state index is 0.0837. The standard InChI is InChI=1S/C19H22N4O3/c1-11-7-12(2)18-15(8-11)16(5-6-26-18)23-10-14(21-22-23)9-13-3-4-17(24)20-19(13)25/h7-8,10,13,16H,3-6,9H2,1-2H3,(H,20,24,25)/t13?,16-/m0/s1. The zero-order valence-corrected chi connectivity index (χ0v) is 15.0. The second-order valence-electron chi connectivity index (χ2n) is 7.20. The Bertz CT molecular complexity index is 874. The number of hydrogen-bond acceptors (Lipinski definition) is 5. The number of fused-ring (bicyclic) bond motifs is 1. The Morgan fingerprint density at radius 3 is 2.92 bits per heavy atom. The van der Waals surface area contributed by atoms with Crippen molar-refractivity contribution >= 4 is 11.8 Å². The van der Waals surface area contributed by atoms with Gasteiger partial charge in [-0.05, 0) is 25.8 Å². The molecule has 2 aliphatic rings. The summed E-state index contributed by atoms with van der Waals surface area (Å²) in [6.07, 6.45) is 4.20. The first-order valence-corrected chi connectivity index (χ1v) is 8.99. The number of ether oxygens (including phenoxy) is 1. The average molecular weight is 354 g/mol. The predicted octanol–water partition coefficient (Wildman–Crippen LogP) is 1.86. The second-order valence-corrected chi connectivity index (χ2v) is 7.20. The molecule has 26 heavy (non-hydrogen) atoms. The number of benzene rings is 1. The molecule has 0 aliphatic carbocycles. The van der Waals surface area contributed by atoms with Crippen LogP contribution >= 0.6 is 0 Å². The van der Waals surface area contributed by atoms with Crippen LogP contribution in [0.15, 0.2) is 18.3 Å². The minimum atomic E-state index is -0.218. The number of amides is 2. The average Bonchev–Trinajstić information content (AvgIpc) is 3.05. The summed E-state index contributed by atoms with van der Waals surface area (Å²) in [4.78, 5) is 23.2. The first kappa shape index (κ1) is 16.8. The third kappa shape index (κ3) is 3.09. The van der Waals surface area contributed by atoms with Gasteiger partial charge in [0.25, 0.3) is 0 Å². The van der Waals surface area contributed by atoms with E-state index in [0.717, 1.165) is 29.0 Å². The lowest BCUT2D eigenvalue weighted by molar-refractivity contribution is -0.136. The largest absolute Gasteiger partial charge is 0.493 e. The number of aromatic nitrogens is 3. The summed E-state index contributed by atoms with van der Waals surface area (Å²) in [5, 5.41) is 11.0. The first-order chi connectivity index (χ1) is 12.5. The minimum Gasteiger partial charge on any atom is -0.493 e. The lowest BCUT2D eigenvalue weighted by Gasteiger charge is -2.27. The fourth-order valence-electron chi connectivity index (χ4n) is 3.88. The van der Waals surface area contributed by atoms with E-state index in [-0.39, 0.29) is 23.8 Å². The maximum Gasteiger partial charge on any atom is 0.230 e. The van der Waals surface area contributed by atoms with Crippen molar-refractivity contribution in [3.05, 3.63) is 40.7 Å². The Hall–Kier alpha value is -2.70. The predicted molar refractivity (Wildman–Crippen MR) is 93.8 cm³/mol. The Labute approximate surface area is 151 Å². The number of carbonyl (C=O) groups excluding carboxylic acids is 2. The van der Waals surface area contributed by atoms with Gasteiger partial charge in [-0.3, -0.25) is 14.9 Å². The zero-order chi connectivity index (χ0) is 18.3. The molecule has 2 aliphatic heterocycles. The Morgan fingerprint density at radius 1 is 1.27 bits per heavy atom. The second kappa shape index (κ2) is 6.55. The molecule has 3 heterocycles. The first-order valence-electron chi connectivity index (χ1n) is 8.99. The van der Waals surface area contributed by atoms with Gasteiger partial charge >= 0.3 is 0 Å². The highest BCUT2D eigenvalue weighted by Crippen LogP contribution is 2.37. The summed E-state index contributed by atoms with van der Waals surface area (Å²) in [6, 6.07) is 4.35. The number of carbonyl (C=O) groups is 2. The number of nitrogens with zero attached hydrogens (tertiary/aromatic N) is 3. The van der Waals surface area contributed by atoms with E-state index in [1.165, 1.54) is 5.56 Å². The van der Waals surface area contributed by atoms with E-state index >= 15 is 0 Å². The highest BCUT2D eigenvalue weighted by Gasteiger charge is 2.29. The van der Waals surface area contributed by atoms with Crippen molar-refractivity contribution in [2.24, 2.45) is 5.92 Å². The monoisotopic (exact) mass is 354 g/mol. The van der Waals surface area contributed by atoms with Gasteiger partial charge in [0.15, 0.2) is 0 Å². The summed E-state index contributed by atoms with van der Waals surface area (Å²) in [6.45, 7) is 4.78. The van der Waals surface area contributed by atoms with Crippen LogP contribution in [0.4, 0.5) is 0 Å². The normalized spacial score (nSPS) is 22.5. The zero-order valence-electron chi connectivity index (χ0n) is 15.0. The fourth-order valence-corrected chi connectivity index (χ4v) is 3.88. The molecule has 1 fully saturated rings. The molecule has 1 aromatic heterocycles. The summed E-state index contributed by atoms with van der Waals surface area (Å²) < 4.78 is 7.74. The Morgan fingerprint density at radius 2 is 2.12 bits per heavy atom. The van der Waals surface area contributed by atoms with Gasteiger partial charge in [-0.1, -0.05) is 22.9 Å². The highest BCUT2D eigenvalue weighted by molar-refractivity contribution is 5.98. The molecule has 2 atom stereocenters. The summed E-state index contributed by atoms with van der Waals surface area (Å²) >= 11 is 0. The van der Waals surface area contributed by atoms with Gasteiger partial charge < -0.3 is 4.74 Å². The molecule has 2 aromatic rings. The van der Waals surface area contributed by atoms with E-state index < -0.39 is 0 Å². The molecule has 0 bridgehead atoms. The van der Waals surface area contributed by atoms with E-state index in [0.29, 0.717) is 25.9 Å². The van der Waals surface area contributed by atoms with E-state index in [2.05, 4.69) is 41.6 Å². The number of hydrogen-bond donors (Lipinski definition) is 1. The van der Waals surface area contributed by atoms with Crippen molar-refractivity contribution in [3.8, 4) is 5.75 Å². The van der Waals surface area contributed by atoms with Crippen LogP contribution in [-0.4, -0.2) is 33.4 Å². The van der Waals surface area contributed by atoms with Gasteiger partial charge in [-0.25, -0.2) is 4.68 Å². The molecule has 4 rings (SSSR count). The molecule has 2 amide bonds. The number of rotatable bonds is 3. The quantitative estimate of drug-likeness (QED) is 0.851. The van der Waals surface area contributed by atoms with Gasteiger partial charge in [0.2, 0.25) is 11.8 Å². The van der Waals surface area contributed by atoms with Crippen LogP contribution in [0.2, 0.25) is 0 Å². The topological polar surface area (TPSA) is 86.1 Å². The molecule has 0 spiro atoms. The molecule has 0 saturated carbocycles. The maximum absolute atomic E-state index is 12.0. The molecular weight excluding hydrogens is 332 g/mol. The third-order valence-electron chi connectivity index (χ3n) is 5.13. The van der Waals surface area contributed by atoms with Crippen LogP contribution in [0.5, 0.6) is 5.75 Å². The number of nitrogens with one attached hydrogen (secondary N) is 1. The van der Waals surface area contributed by atoms with Crippen molar-refractivity contribution in [2.45, 2.75) is 45.6 Å². The number of aryl methyl sites for hydroxylation is 2. The maximum atomic E-state index is 12.0. The van der Waals surface area contributed by atoms with Crippen molar-refractivity contribution in [1.29, 1.82) is 0 Å². The summed E-state index contributed by atoms with van der Waals surface area (Å²) in [5.74, 6) is 0.316. The van der Waals surface area contributed by atoms with Crippen LogP contribution in [0.3, 0.4) is 0 Å². The van der Waals surface area contributed by atoms with Gasteiger partial charge in [-0.15, -0.1) is 5.10 Å². The van der Waals surface area contributed by atoms with Crippen molar-refractivity contribution in [1.82, 2.24) is 20.3 Å². The molecule has 1 aromatic carbocycles. The van der Waals surface area contributed by atoms with Gasteiger partial charge in [0.05, 0.1) is 18.3 Å². The lowest BCUT2D eigenvalue weighted by atomic mass is 9.93. The van der Waals surface area contributed by atoms with Crippen LogP contribution in [0.1, 0.15) is 47.7 Å². The fraction of sp³-hybridized carbons (Fsp3) is 0.474. The smallest absolute Gasteiger partial charge is 0.230 e. The van der Waals surface area contributed by atoms with Crippen molar-refractivity contribution in [3.63, 3.8) is 0 Å². The van der Waals surface area contributed by atoms with E-state index in [4.69, 9.17) is 4.74 Å². The van der Waals surface area contributed by atoms with E-state index in [1.54, 1.807) is 0 Å². The van der Waals surface area contributed by atoms with Gasteiger partial charge in [0.1, 0.15) is 5.75 Å². The van der Waals surface area contributed by atoms with Crippen LogP contribution in [-0.2, 0) is 16.0 Å². The van der Waals surface area contributed by atoms with E-state index in [9.17, 15) is 9.59 Å². The molecule has 7 nitrogen and oxygen atoms in total. The summed E-state index contributed by atoms with van der Waals surface area (Å²) in [7, 11) is 0. The molecule has 1 saturated heterocycles. The SMILES string of the molecule is Cc1cc(C)c2c(c1)[C@@H](n1cc(CC3CCC(=O)NC3=O)nn1)CCO2. The molecule has 1 unspecified atom stereocenters. The van der Waals surface area contributed by atoms with Gasteiger partial charge in [0, 0.05) is 36.9 Å². The number of piperidine rings is 1. The van der Waals surface area contributed by atoms with Crippen molar-refractivity contribution < 1.29 is 14.3 Å². The molecule has 1 N–H and O–H groups in total. The lowest BCUT2D eigenvalue weighted by Crippen LogP contribution is -2.41. The van der Waals surface area contributed by atoms with E-state index in [1.807, 2.05) is 10.9 Å². The third-order valence-corrected chi connectivity index (χ3v) is 5.13. The van der Waals surface area contributed by atoms with Crippen molar-refractivity contribution in [2.75, 3.05) is 6.61 Å². The van der Waals surface area contributed by atoms with Gasteiger partial charge in [-0.2, -0.15) is 0 Å². The van der Waals surface area contributed by atoms with Crippen LogP contribution in [0.25, 0.3) is 0 Å². The Balaban J connectivity index is 1.56. The molecular formula is C19H22N4O3. The summed E-state index contributed by atoms with van der Waals surface area (Å²) in [5.41, 5.74) is 4.23. The molecule has 0 radical (unpaired) electrons. The molecule has 136 valence electrons. The Kier molecular flexibility index (Phi) is 4.22. The number of imide groups is 1. The molecule has 7 heteroatoms. The van der Waals surface area contributed by atoms with Crippen LogP contribution in [0, 0.1) is 19.8 Å². The van der Waals surface area contributed by atoms with Crippen LogP contribution < -0.4 is 10.1 Å².